The summed E-state index contributed by atoms with van der Waals surface area (Å²) in [5.74, 6) is 1.59. The molecule has 1 aliphatic rings. The van der Waals surface area contributed by atoms with Gasteiger partial charge in [0, 0.05) is 26.6 Å². The van der Waals surface area contributed by atoms with Crippen molar-refractivity contribution < 1.29 is 4.79 Å². The standard InChI is InChI=1S/C16H14BrNOS2/c17-12-5-1-3-7-14(12)21-11-16(19)18-9-10-20-15-8-4-2-6-13(15)18/h1-8H,9-11H2. The molecule has 0 N–H and O–H groups in total. The smallest absolute Gasteiger partial charge is 0.237 e. The number of benzene rings is 2. The van der Waals surface area contributed by atoms with E-state index in [0.717, 1.165) is 27.4 Å². The molecular formula is C16H14BrNOS2. The summed E-state index contributed by atoms with van der Waals surface area (Å²) in [6.07, 6.45) is 0. The molecule has 0 fully saturated rings. The lowest BCUT2D eigenvalue weighted by Crippen LogP contribution is -2.36. The fourth-order valence-corrected chi connectivity index (χ4v) is 4.65. The number of hydrogen-bond acceptors (Lipinski definition) is 3. The second-order valence-corrected chi connectivity index (χ2v) is 7.59. The van der Waals surface area contributed by atoms with Gasteiger partial charge in [-0.2, -0.15) is 0 Å². The molecule has 2 nitrogen and oxygen atoms in total. The van der Waals surface area contributed by atoms with Crippen molar-refractivity contribution in [1.82, 2.24) is 0 Å². The Hall–Kier alpha value is -0.910. The summed E-state index contributed by atoms with van der Waals surface area (Å²) in [4.78, 5) is 16.7. The van der Waals surface area contributed by atoms with Crippen molar-refractivity contribution in [2.75, 3.05) is 23.0 Å². The van der Waals surface area contributed by atoms with Crippen LogP contribution in [0.2, 0.25) is 0 Å². The van der Waals surface area contributed by atoms with Crippen LogP contribution < -0.4 is 4.90 Å². The Bertz CT molecular complexity index is 662. The van der Waals surface area contributed by atoms with Gasteiger partial charge >= 0.3 is 0 Å². The fourth-order valence-electron chi connectivity index (χ4n) is 2.21. The highest BCUT2D eigenvalue weighted by molar-refractivity contribution is 9.10. The molecule has 2 aromatic rings. The average Bonchev–Trinajstić information content (AvgIpc) is 2.53. The first kappa shape index (κ1) is 15.0. The van der Waals surface area contributed by atoms with Gasteiger partial charge in [0.2, 0.25) is 5.91 Å². The third kappa shape index (κ3) is 3.47. The Morgan fingerprint density at radius 3 is 2.81 bits per heavy atom. The maximum atomic E-state index is 12.5. The number of thioether (sulfide) groups is 2. The topological polar surface area (TPSA) is 20.3 Å². The van der Waals surface area contributed by atoms with Crippen molar-refractivity contribution in [3.05, 3.63) is 53.0 Å². The van der Waals surface area contributed by atoms with Crippen LogP contribution in [0.25, 0.3) is 0 Å². The van der Waals surface area contributed by atoms with Crippen molar-refractivity contribution in [1.29, 1.82) is 0 Å². The predicted octanol–water partition coefficient (Wildman–Crippen LogP) is 4.68. The van der Waals surface area contributed by atoms with Gasteiger partial charge in [0.05, 0.1) is 11.4 Å². The Balaban J connectivity index is 1.71. The molecule has 0 saturated carbocycles. The van der Waals surface area contributed by atoms with Crippen molar-refractivity contribution in [3.8, 4) is 0 Å². The summed E-state index contributed by atoms with van der Waals surface area (Å²) >= 11 is 6.92. The van der Waals surface area contributed by atoms with E-state index < -0.39 is 0 Å². The SMILES string of the molecule is O=C(CSc1ccccc1Br)N1CCSc2ccccc21. The zero-order valence-corrected chi connectivity index (χ0v) is 14.5. The minimum Gasteiger partial charge on any atom is -0.310 e. The van der Waals surface area contributed by atoms with Gasteiger partial charge in [0.25, 0.3) is 0 Å². The van der Waals surface area contributed by atoms with E-state index >= 15 is 0 Å². The molecule has 5 heteroatoms. The normalized spacial score (nSPS) is 13.9. The van der Waals surface area contributed by atoms with Crippen LogP contribution in [0.3, 0.4) is 0 Å². The summed E-state index contributed by atoms with van der Waals surface area (Å²) in [6.45, 7) is 0.789. The highest BCUT2D eigenvalue weighted by Gasteiger charge is 2.22. The molecule has 2 aromatic carbocycles. The molecule has 0 bridgehead atoms. The van der Waals surface area contributed by atoms with Crippen molar-refractivity contribution >= 4 is 51.0 Å². The fraction of sp³-hybridized carbons (Fsp3) is 0.188. The van der Waals surface area contributed by atoms with Crippen LogP contribution in [0.15, 0.2) is 62.8 Å². The number of nitrogens with zero attached hydrogens (tertiary/aromatic N) is 1. The zero-order valence-electron chi connectivity index (χ0n) is 11.3. The lowest BCUT2D eigenvalue weighted by Gasteiger charge is -2.28. The molecule has 1 heterocycles. The minimum atomic E-state index is 0.170. The number of anilines is 1. The molecule has 0 spiro atoms. The number of amides is 1. The summed E-state index contributed by atoms with van der Waals surface area (Å²) < 4.78 is 1.04. The summed E-state index contributed by atoms with van der Waals surface area (Å²) in [6, 6.07) is 16.1. The van der Waals surface area contributed by atoms with Gasteiger partial charge in [-0.3, -0.25) is 4.79 Å². The molecule has 0 unspecified atom stereocenters. The average molecular weight is 380 g/mol. The van der Waals surface area contributed by atoms with E-state index in [0.29, 0.717) is 5.75 Å². The van der Waals surface area contributed by atoms with Gasteiger partial charge in [-0.15, -0.1) is 23.5 Å². The summed E-state index contributed by atoms with van der Waals surface area (Å²) in [5, 5.41) is 0. The quantitative estimate of drug-likeness (QED) is 0.722. The number of rotatable bonds is 3. The second-order valence-electron chi connectivity index (χ2n) is 4.58. The highest BCUT2D eigenvalue weighted by Crippen LogP contribution is 2.35. The van der Waals surface area contributed by atoms with Gasteiger partial charge in [0.15, 0.2) is 0 Å². The zero-order chi connectivity index (χ0) is 14.7. The van der Waals surface area contributed by atoms with Crippen LogP contribution in [0.4, 0.5) is 5.69 Å². The molecule has 0 aliphatic carbocycles. The van der Waals surface area contributed by atoms with Gasteiger partial charge < -0.3 is 4.90 Å². The molecule has 21 heavy (non-hydrogen) atoms. The Labute approximate surface area is 141 Å². The minimum absolute atomic E-state index is 0.170. The molecule has 3 rings (SSSR count). The highest BCUT2D eigenvalue weighted by atomic mass is 79.9. The Kier molecular flexibility index (Phi) is 4.93. The van der Waals surface area contributed by atoms with E-state index in [4.69, 9.17) is 0 Å². The number of carbonyl (C=O) groups excluding carboxylic acids is 1. The molecule has 1 aliphatic heterocycles. The number of fused-ring (bicyclic) bond motifs is 1. The molecule has 108 valence electrons. The number of para-hydroxylation sites is 1. The second kappa shape index (κ2) is 6.90. The summed E-state index contributed by atoms with van der Waals surface area (Å²) in [7, 11) is 0. The van der Waals surface area contributed by atoms with Gasteiger partial charge in [-0.1, -0.05) is 24.3 Å². The van der Waals surface area contributed by atoms with Crippen LogP contribution in [0.1, 0.15) is 0 Å². The first-order chi connectivity index (χ1) is 10.3. The number of carbonyl (C=O) groups is 1. The van der Waals surface area contributed by atoms with Crippen molar-refractivity contribution in [2.24, 2.45) is 0 Å². The molecule has 0 saturated heterocycles. The maximum Gasteiger partial charge on any atom is 0.237 e. The monoisotopic (exact) mass is 379 g/mol. The lowest BCUT2D eigenvalue weighted by atomic mass is 10.3. The van der Waals surface area contributed by atoms with Crippen LogP contribution in [-0.2, 0) is 4.79 Å². The lowest BCUT2D eigenvalue weighted by molar-refractivity contribution is -0.116. The number of hydrogen-bond donors (Lipinski definition) is 0. The Morgan fingerprint density at radius 1 is 1.19 bits per heavy atom. The summed E-state index contributed by atoms with van der Waals surface area (Å²) in [5.41, 5.74) is 1.05. The first-order valence-electron chi connectivity index (χ1n) is 6.65. The van der Waals surface area contributed by atoms with Gasteiger partial charge in [0.1, 0.15) is 0 Å². The molecule has 0 radical (unpaired) electrons. The molecular weight excluding hydrogens is 366 g/mol. The van der Waals surface area contributed by atoms with Crippen LogP contribution >= 0.6 is 39.5 Å². The van der Waals surface area contributed by atoms with Crippen molar-refractivity contribution in [2.45, 2.75) is 9.79 Å². The molecule has 0 atom stereocenters. The molecule has 0 aromatic heterocycles. The Morgan fingerprint density at radius 2 is 1.95 bits per heavy atom. The van der Waals surface area contributed by atoms with Crippen LogP contribution in [0.5, 0.6) is 0 Å². The van der Waals surface area contributed by atoms with E-state index in [9.17, 15) is 4.79 Å². The predicted molar refractivity (Wildman–Crippen MR) is 94.4 cm³/mol. The maximum absolute atomic E-state index is 12.5. The number of halogens is 1. The largest absolute Gasteiger partial charge is 0.310 e. The van der Waals surface area contributed by atoms with Crippen LogP contribution in [0, 0.1) is 0 Å². The molecule has 1 amide bonds. The first-order valence-corrected chi connectivity index (χ1v) is 9.41. The third-order valence-corrected chi connectivity index (χ3v) is 6.27. The third-order valence-electron chi connectivity index (χ3n) is 3.22. The van der Waals surface area contributed by atoms with E-state index in [2.05, 4.69) is 22.0 Å². The van der Waals surface area contributed by atoms with E-state index in [1.165, 1.54) is 4.90 Å². The van der Waals surface area contributed by atoms with E-state index in [1.54, 1.807) is 11.8 Å². The van der Waals surface area contributed by atoms with E-state index in [-0.39, 0.29) is 5.91 Å². The van der Waals surface area contributed by atoms with Crippen LogP contribution in [-0.4, -0.2) is 24.0 Å². The van der Waals surface area contributed by atoms with Gasteiger partial charge in [-0.05, 0) is 40.2 Å². The van der Waals surface area contributed by atoms with E-state index in [1.807, 2.05) is 59.1 Å². The van der Waals surface area contributed by atoms with Gasteiger partial charge in [-0.25, -0.2) is 0 Å². The van der Waals surface area contributed by atoms with Crippen molar-refractivity contribution in [3.63, 3.8) is 0 Å².